The molecule has 0 fully saturated rings. The summed E-state index contributed by atoms with van der Waals surface area (Å²) in [5.41, 5.74) is 2.42. The molecule has 0 radical (unpaired) electrons. The lowest BCUT2D eigenvalue weighted by atomic mass is 10.2. The molecule has 3 aromatic rings. The predicted octanol–water partition coefficient (Wildman–Crippen LogP) is 4.14. The summed E-state index contributed by atoms with van der Waals surface area (Å²) < 4.78 is 51.3. The molecule has 32 heavy (non-hydrogen) atoms. The first kappa shape index (κ1) is 21.7. The lowest BCUT2D eigenvalue weighted by Gasteiger charge is -2.24. The van der Waals surface area contributed by atoms with Crippen molar-refractivity contribution in [3.8, 4) is 17.2 Å². The van der Waals surface area contributed by atoms with E-state index in [4.69, 9.17) is 21.1 Å². The molecule has 1 aliphatic heterocycles. The maximum Gasteiger partial charge on any atom is 0.416 e. The number of hydrogen-bond acceptors (Lipinski definition) is 5. The van der Waals surface area contributed by atoms with E-state index in [0.717, 1.165) is 12.1 Å². The lowest BCUT2D eigenvalue weighted by Crippen LogP contribution is -2.42. The van der Waals surface area contributed by atoms with Crippen molar-refractivity contribution in [2.24, 2.45) is 5.10 Å². The van der Waals surface area contributed by atoms with Gasteiger partial charge in [0.2, 0.25) is 6.10 Å². The molecule has 0 saturated carbocycles. The molecule has 1 unspecified atom stereocenters. The van der Waals surface area contributed by atoms with Gasteiger partial charge in [-0.25, -0.2) is 10.1 Å². The van der Waals surface area contributed by atoms with Crippen molar-refractivity contribution in [1.29, 1.82) is 0 Å². The molecule has 1 N–H and O–H groups in total. The molecular formula is C21H16ClF3N4O3. The molecular weight excluding hydrogens is 449 g/mol. The number of para-hydroxylation sites is 2. The Bertz CT molecular complexity index is 1190. The van der Waals surface area contributed by atoms with E-state index in [-0.39, 0.29) is 17.4 Å². The van der Waals surface area contributed by atoms with Crippen LogP contribution in [0, 0.1) is 6.92 Å². The Morgan fingerprint density at radius 1 is 1.25 bits per heavy atom. The van der Waals surface area contributed by atoms with Crippen LogP contribution in [-0.2, 0) is 11.0 Å². The van der Waals surface area contributed by atoms with E-state index in [2.05, 4.69) is 15.6 Å². The van der Waals surface area contributed by atoms with Crippen LogP contribution < -0.4 is 14.9 Å². The van der Waals surface area contributed by atoms with Gasteiger partial charge in [0.05, 0.1) is 28.7 Å². The normalized spacial score (nSPS) is 15.7. The van der Waals surface area contributed by atoms with Gasteiger partial charge >= 0.3 is 6.18 Å². The number of aromatic nitrogens is 2. The zero-order valence-electron chi connectivity index (χ0n) is 16.6. The van der Waals surface area contributed by atoms with Crippen LogP contribution in [0.2, 0.25) is 5.15 Å². The molecule has 0 aliphatic carbocycles. The minimum Gasteiger partial charge on any atom is -0.485 e. The van der Waals surface area contributed by atoms with Gasteiger partial charge in [-0.15, -0.1) is 0 Å². The molecule has 7 nitrogen and oxygen atoms in total. The number of hydrogen-bond donors (Lipinski definition) is 1. The number of ether oxygens (including phenoxy) is 2. The molecule has 1 atom stereocenters. The van der Waals surface area contributed by atoms with E-state index in [9.17, 15) is 18.0 Å². The van der Waals surface area contributed by atoms with E-state index >= 15 is 0 Å². The standard InChI is InChI=1S/C21H16ClF3N4O3/c1-12-15(19(22)29(28-12)14-6-4-5-13(9-14)21(23,24)25)10-26-27-20(30)18-11-31-16-7-2-3-8-17(16)32-18/h2-10,18H,11H2,1H3,(H,27,30). The van der Waals surface area contributed by atoms with Gasteiger partial charge < -0.3 is 9.47 Å². The van der Waals surface area contributed by atoms with Gasteiger partial charge in [-0.3, -0.25) is 4.79 Å². The van der Waals surface area contributed by atoms with E-state index in [0.29, 0.717) is 22.8 Å². The topological polar surface area (TPSA) is 77.7 Å². The summed E-state index contributed by atoms with van der Waals surface area (Å²) >= 11 is 6.32. The van der Waals surface area contributed by atoms with Gasteiger partial charge in [-0.2, -0.15) is 23.4 Å². The van der Waals surface area contributed by atoms with Gasteiger partial charge in [0.15, 0.2) is 11.5 Å². The molecule has 166 valence electrons. The van der Waals surface area contributed by atoms with Crippen LogP contribution in [0.1, 0.15) is 16.8 Å². The van der Waals surface area contributed by atoms with Gasteiger partial charge in [0, 0.05) is 0 Å². The summed E-state index contributed by atoms with van der Waals surface area (Å²) in [6, 6.07) is 11.6. The summed E-state index contributed by atoms with van der Waals surface area (Å²) in [5, 5.41) is 8.11. The minimum absolute atomic E-state index is 0.0195. The van der Waals surface area contributed by atoms with Crippen molar-refractivity contribution < 1.29 is 27.4 Å². The third-order valence-electron chi connectivity index (χ3n) is 4.64. The smallest absolute Gasteiger partial charge is 0.416 e. The third kappa shape index (κ3) is 4.40. The van der Waals surface area contributed by atoms with Gasteiger partial charge in [0.1, 0.15) is 11.8 Å². The highest BCUT2D eigenvalue weighted by Crippen LogP contribution is 2.32. The molecule has 1 aliphatic rings. The molecule has 0 bridgehead atoms. The Balaban J connectivity index is 1.48. The fraction of sp³-hybridized carbons (Fsp3) is 0.190. The van der Waals surface area contributed by atoms with E-state index in [1.165, 1.54) is 23.0 Å². The van der Waals surface area contributed by atoms with Gasteiger partial charge in [-0.1, -0.05) is 29.8 Å². The lowest BCUT2D eigenvalue weighted by molar-refractivity contribution is -0.137. The zero-order chi connectivity index (χ0) is 22.9. The monoisotopic (exact) mass is 464 g/mol. The van der Waals surface area contributed by atoms with Crippen molar-refractivity contribution in [2.75, 3.05) is 6.61 Å². The number of benzene rings is 2. The number of carbonyl (C=O) groups is 1. The molecule has 1 amide bonds. The fourth-order valence-electron chi connectivity index (χ4n) is 3.02. The Hall–Kier alpha value is -3.53. The molecule has 0 spiro atoms. The van der Waals surface area contributed by atoms with Crippen LogP contribution in [0.5, 0.6) is 11.5 Å². The Labute approximate surface area is 185 Å². The number of nitrogens with one attached hydrogen (secondary N) is 1. The number of amides is 1. The van der Waals surface area contributed by atoms with Crippen molar-refractivity contribution in [1.82, 2.24) is 15.2 Å². The maximum atomic E-state index is 13.0. The number of alkyl halides is 3. The highest BCUT2D eigenvalue weighted by atomic mass is 35.5. The van der Waals surface area contributed by atoms with Gasteiger partial charge in [-0.05, 0) is 37.3 Å². The van der Waals surface area contributed by atoms with Crippen LogP contribution >= 0.6 is 11.6 Å². The average Bonchev–Trinajstić information content (AvgIpc) is 3.06. The van der Waals surface area contributed by atoms with Crippen molar-refractivity contribution in [3.05, 3.63) is 70.5 Å². The first-order valence-corrected chi connectivity index (χ1v) is 9.76. The minimum atomic E-state index is -4.50. The van der Waals surface area contributed by atoms with Crippen LogP contribution in [0.25, 0.3) is 5.69 Å². The highest BCUT2D eigenvalue weighted by Gasteiger charge is 2.31. The molecule has 4 rings (SSSR count). The number of rotatable bonds is 4. The van der Waals surface area contributed by atoms with Gasteiger partial charge in [0.25, 0.3) is 5.91 Å². The summed E-state index contributed by atoms with van der Waals surface area (Å²) in [6.45, 7) is 1.64. The number of fused-ring (bicyclic) bond motifs is 1. The number of carbonyl (C=O) groups excluding carboxylic acids is 1. The van der Waals surface area contributed by atoms with Crippen LogP contribution in [0.4, 0.5) is 13.2 Å². The van der Waals surface area contributed by atoms with Crippen LogP contribution in [0.15, 0.2) is 53.6 Å². The number of halogens is 4. The molecule has 2 aromatic carbocycles. The Kier molecular flexibility index (Phi) is 5.79. The Morgan fingerprint density at radius 3 is 2.75 bits per heavy atom. The summed E-state index contributed by atoms with van der Waals surface area (Å²) in [6.07, 6.45) is -4.12. The predicted molar refractivity (Wildman–Crippen MR) is 110 cm³/mol. The van der Waals surface area contributed by atoms with Crippen LogP contribution in [0.3, 0.4) is 0 Å². The first-order valence-electron chi connectivity index (χ1n) is 9.38. The number of hydrazone groups is 1. The van der Waals surface area contributed by atoms with Crippen molar-refractivity contribution in [3.63, 3.8) is 0 Å². The van der Waals surface area contributed by atoms with E-state index < -0.39 is 23.8 Å². The second-order valence-electron chi connectivity index (χ2n) is 6.85. The molecule has 11 heteroatoms. The van der Waals surface area contributed by atoms with E-state index in [1.54, 1.807) is 31.2 Å². The Morgan fingerprint density at radius 2 is 2.00 bits per heavy atom. The van der Waals surface area contributed by atoms with Crippen molar-refractivity contribution in [2.45, 2.75) is 19.2 Å². The molecule has 1 aromatic heterocycles. The maximum absolute atomic E-state index is 13.0. The molecule has 0 saturated heterocycles. The first-order chi connectivity index (χ1) is 15.2. The quantitative estimate of drug-likeness (QED) is 0.465. The summed E-state index contributed by atoms with van der Waals surface area (Å²) in [7, 11) is 0. The fourth-order valence-corrected chi connectivity index (χ4v) is 3.34. The number of nitrogens with zero attached hydrogens (tertiary/aromatic N) is 3. The highest BCUT2D eigenvalue weighted by molar-refractivity contribution is 6.32. The summed E-state index contributed by atoms with van der Waals surface area (Å²) in [5.74, 6) is 0.461. The second-order valence-corrected chi connectivity index (χ2v) is 7.21. The largest absolute Gasteiger partial charge is 0.485 e. The van der Waals surface area contributed by atoms with Crippen molar-refractivity contribution >= 4 is 23.7 Å². The molecule has 2 heterocycles. The average molecular weight is 465 g/mol. The third-order valence-corrected chi connectivity index (χ3v) is 5.00. The zero-order valence-corrected chi connectivity index (χ0v) is 17.3. The SMILES string of the molecule is Cc1nn(-c2cccc(C(F)(F)F)c2)c(Cl)c1C=NNC(=O)C1COc2ccccc2O1. The van der Waals surface area contributed by atoms with E-state index in [1.807, 2.05) is 0 Å². The van der Waals surface area contributed by atoms with Crippen LogP contribution in [-0.4, -0.2) is 34.6 Å². The number of aryl methyl sites for hydroxylation is 1. The second kappa shape index (κ2) is 8.54. The summed E-state index contributed by atoms with van der Waals surface area (Å²) in [4.78, 5) is 12.3.